The summed E-state index contributed by atoms with van der Waals surface area (Å²) in [6.45, 7) is 7.81. The predicted molar refractivity (Wildman–Crippen MR) is 115 cm³/mol. The lowest BCUT2D eigenvalue weighted by Gasteiger charge is -2.20. The molecule has 152 valence electrons. The van der Waals surface area contributed by atoms with E-state index in [4.69, 9.17) is 4.99 Å². The Hall–Kier alpha value is -2.34. The number of likely N-dealkylation sites (tertiary alicyclic amines) is 1. The zero-order valence-corrected chi connectivity index (χ0v) is 17.3. The first-order valence-electron chi connectivity index (χ1n) is 10.5. The van der Waals surface area contributed by atoms with E-state index in [1.165, 1.54) is 49.9 Å². The minimum Gasteiger partial charge on any atom is -0.357 e. The molecule has 1 aromatic carbocycles. The maximum Gasteiger partial charge on any atom is 0.191 e. The molecule has 1 aromatic heterocycles. The first kappa shape index (κ1) is 20.4. The largest absolute Gasteiger partial charge is 0.357 e. The van der Waals surface area contributed by atoms with Crippen molar-refractivity contribution in [3.8, 4) is 0 Å². The number of rotatable bonds is 7. The van der Waals surface area contributed by atoms with Gasteiger partial charge in [-0.2, -0.15) is 5.10 Å². The van der Waals surface area contributed by atoms with Crippen molar-refractivity contribution in [3.05, 3.63) is 53.3 Å². The minimum absolute atomic E-state index is 0.675. The third-order valence-corrected chi connectivity index (χ3v) is 5.22. The summed E-state index contributed by atoms with van der Waals surface area (Å²) in [5.74, 6) is 0.835. The summed E-state index contributed by atoms with van der Waals surface area (Å²) in [6, 6.07) is 10.9. The molecule has 0 spiro atoms. The fourth-order valence-corrected chi connectivity index (χ4v) is 3.64. The topological polar surface area (TPSA) is 57.5 Å². The van der Waals surface area contributed by atoms with Crippen molar-refractivity contribution < 1.29 is 0 Å². The summed E-state index contributed by atoms with van der Waals surface area (Å²) in [5, 5.41) is 10.9. The molecule has 28 heavy (non-hydrogen) atoms. The molecule has 0 radical (unpaired) electrons. The second kappa shape index (κ2) is 10.9. The molecule has 2 N–H and O–H groups in total. The van der Waals surface area contributed by atoms with Gasteiger partial charge in [-0.15, -0.1) is 0 Å². The van der Waals surface area contributed by atoms with Crippen LogP contribution < -0.4 is 10.6 Å². The second-order valence-corrected chi connectivity index (χ2v) is 7.51. The molecule has 1 saturated heterocycles. The molecule has 0 atom stereocenters. The van der Waals surface area contributed by atoms with E-state index in [2.05, 4.69) is 51.8 Å². The van der Waals surface area contributed by atoms with Crippen molar-refractivity contribution in [1.82, 2.24) is 25.3 Å². The normalized spacial score (nSPS) is 16.0. The van der Waals surface area contributed by atoms with E-state index < -0.39 is 0 Å². The Labute approximate surface area is 169 Å². The van der Waals surface area contributed by atoms with Crippen LogP contribution in [0.15, 0.2) is 41.5 Å². The quantitative estimate of drug-likeness (QED) is 0.571. The first-order chi connectivity index (χ1) is 13.7. The molecule has 1 fully saturated rings. The van der Waals surface area contributed by atoms with Crippen molar-refractivity contribution in [2.45, 2.75) is 52.2 Å². The van der Waals surface area contributed by atoms with Crippen LogP contribution in [0.4, 0.5) is 0 Å². The van der Waals surface area contributed by atoms with Crippen LogP contribution in [-0.2, 0) is 26.7 Å². The fraction of sp³-hybridized carbons (Fsp3) is 0.545. The molecule has 1 aliphatic heterocycles. The van der Waals surface area contributed by atoms with Crippen LogP contribution in [0.3, 0.4) is 0 Å². The molecule has 0 unspecified atom stereocenters. The molecule has 0 aliphatic carbocycles. The van der Waals surface area contributed by atoms with E-state index in [1.807, 2.05) is 24.0 Å². The summed E-state index contributed by atoms with van der Waals surface area (Å²) >= 11 is 0. The minimum atomic E-state index is 0.675. The van der Waals surface area contributed by atoms with Crippen LogP contribution in [0.1, 0.15) is 49.4 Å². The van der Waals surface area contributed by atoms with Gasteiger partial charge in [-0.1, -0.05) is 37.1 Å². The highest BCUT2D eigenvalue weighted by atomic mass is 15.3. The number of guanidine groups is 1. The van der Waals surface area contributed by atoms with E-state index in [-0.39, 0.29) is 0 Å². The Bertz CT molecular complexity index is 743. The van der Waals surface area contributed by atoms with Crippen molar-refractivity contribution in [2.24, 2.45) is 12.0 Å². The van der Waals surface area contributed by atoms with Gasteiger partial charge in [0.15, 0.2) is 5.96 Å². The SMILES string of the molecule is CCNC(=NCc1cccc(CN2CCCCCC2)c1)NCc1ccnn1C. The molecule has 0 amide bonds. The van der Waals surface area contributed by atoms with E-state index in [1.54, 1.807) is 0 Å². The highest BCUT2D eigenvalue weighted by molar-refractivity contribution is 5.79. The van der Waals surface area contributed by atoms with Crippen LogP contribution in [0.5, 0.6) is 0 Å². The lowest BCUT2D eigenvalue weighted by atomic mass is 10.1. The van der Waals surface area contributed by atoms with Gasteiger partial charge in [0.25, 0.3) is 0 Å². The number of aliphatic imine (C=N–C) groups is 1. The number of nitrogens with zero attached hydrogens (tertiary/aromatic N) is 4. The average Bonchev–Trinajstić information content (AvgIpc) is 2.94. The zero-order chi connectivity index (χ0) is 19.6. The molecule has 1 aliphatic rings. The molecule has 0 bridgehead atoms. The second-order valence-electron chi connectivity index (χ2n) is 7.51. The Kier molecular flexibility index (Phi) is 7.91. The summed E-state index contributed by atoms with van der Waals surface area (Å²) in [5.41, 5.74) is 3.78. The molecule has 2 heterocycles. The van der Waals surface area contributed by atoms with Gasteiger partial charge in [0, 0.05) is 26.3 Å². The lowest BCUT2D eigenvalue weighted by Crippen LogP contribution is -2.37. The molecule has 6 nitrogen and oxygen atoms in total. The summed E-state index contributed by atoms with van der Waals surface area (Å²) in [6.07, 6.45) is 7.24. The number of hydrogen-bond donors (Lipinski definition) is 2. The Morgan fingerprint density at radius 1 is 1.07 bits per heavy atom. The summed E-state index contributed by atoms with van der Waals surface area (Å²) < 4.78 is 1.88. The highest BCUT2D eigenvalue weighted by Gasteiger charge is 2.09. The van der Waals surface area contributed by atoms with Crippen LogP contribution in [-0.4, -0.2) is 40.3 Å². The monoisotopic (exact) mass is 382 g/mol. The van der Waals surface area contributed by atoms with E-state index in [0.717, 1.165) is 24.7 Å². The van der Waals surface area contributed by atoms with Gasteiger partial charge in [-0.3, -0.25) is 9.58 Å². The first-order valence-corrected chi connectivity index (χ1v) is 10.5. The summed E-state index contributed by atoms with van der Waals surface area (Å²) in [4.78, 5) is 7.36. The Morgan fingerprint density at radius 3 is 2.57 bits per heavy atom. The molecular formula is C22H34N6. The van der Waals surface area contributed by atoms with E-state index >= 15 is 0 Å². The highest BCUT2D eigenvalue weighted by Crippen LogP contribution is 2.14. The molecular weight excluding hydrogens is 348 g/mol. The number of benzene rings is 1. The predicted octanol–water partition coefficient (Wildman–Crippen LogP) is 3.05. The van der Waals surface area contributed by atoms with Gasteiger partial charge >= 0.3 is 0 Å². The van der Waals surface area contributed by atoms with Crippen molar-refractivity contribution in [1.29, 1.82) is 0 Å². The zero-order valence-electron chi connectivity index (χ0n) is 17.3. The lowest BCUT2D eigenvalue weighted by molar-refractivity contribution is 0.277. The maximum atomic E-state index is 4.77. The number of aromatic nitrogens is 2. The van der Waals surface area contributed by atoms with Crippen LogP contribution in [0, 0.1) is 0 Å². The molecule has 6 heteroatoms. The number of hydrogen-bond acceptors (Lipinski definition) is 3. The molecule has 2 aromatic rings. The van der Waals surface area contributed by atoms with Gasteiger partial charge in [-0.05, 0) is 50.0 Å². The van der Waals surface area contributed by atoms with Gasteiger partial charge in [0.1, 0.15) is 0 Å². The van der Waals surface area contributed by atoms with Crippen LogP contribution >= 0.6 is 0 Å². The van der Waals surface area contributed by atoms with Crippen molar-refractivity contribution in [3.63, 3.8) is 0 Å². The summed E-state index contributed by atoms with van der Waals surface area (Å²) in [7, 11) is 1.96. The van der Waals surface area contributed by atoms with Gasteiger partial charge in [0.05, 0.1) is 18.8 Å². The third kappa shape index (κ3) is 6.37. The van der Waals surface area contributed by atoms with Crippen molar-refractivity contribution >= 4 is 5.96 Å². The van der Waals surface area contributed by atoms with Gasteiger partial charge < -0.3 is 10.6 Å². The maximum absolute atomic E-state index is 4.77. The van der Waals surface area contributed by atoms with Gasteiger partial charge in [-0.25, -0.2) is 4.99 Å². The Balaban J connectivity index is 1.57. The third-order valence-electron chi connectivity index (χ3n) is 5.22. The van der Waals surface area contributed by atoms with Crippen LogP contribution in [0.2, 0.25) is 0 Å². The number of aryl methyl sites for hydroxylation is 1. The van der Waals surface area contributed by atoms with Crippen molar-refractivity contribution in [2.75, 3.05) is 19.6 Å². The standard InChI is InChI=1S/C22H34N6/c1-3-23-22(25-17-21-11-12-26-27(21)2)24-16-19-9-8-10-20(15-19)18-28-13-6-4-5-7-14-28/h8-12,15H,3-7,13-14,16-18H2,1-2H3,(H2,23,24,25). The van der Waals surface area contributed by atoms with Crippen LogP contribution in [0.25, 0.3) is 0 Å². The molecule has 0 saturated carbocycles. The van der Waals surface area contributed by atoms with E-state index in [0.29, 0.717) is 13.1 Å². The van der Waals surface area contributed by atoms with E-state index in [9.17, 15) is 0 Å². The Morgan fingerprint density at radius 2 is 1.86 bits per heavy atom. The molecule has 3 rings (SSSR count). The average molecular weight is 383 g/mol. The number of nitrogens with one attached hydrogen (secondary N) is 2. The van der Waals surface area contributed by atoms with Gasteiger partial charge in [0.2, 0.25) is 0 Å². The smallest absolute Gasteiger partial charge is 0.191 e. The fourth-order valence-electron chi connectivity index (χ4n) is 3.64.